The summed E-state index contributed by atoms with van der Waals surface area (Å²) in [5.74, 6) is 0. The van der Waals surface area contributed by atoms with Gasteiger partial charge in [0.25, 0.3) is 0 Å². The van der Waals surface area contributed by atoms with Crippen LogP contribution in [-0.4, -0.2) is 9.78 Å². The molecule has 0 bridgehead atoms. The van der Waals surface area contributed by atoms with Gasteiger partial charge in [-0.2, -0.15) is 5.10 Å². The lowest BCUT2D eigenvalue weighted by Crippen LogP contribution is -1.91. The van der Waals surface area contributed by atoms with Crippen molar-refractivity contribution in [2.45, 2.75) is 25.8 Å². The van der Waals surface area contributed by atoms with Crippen LogP contribution in [0.3, 0.4) is 0 Å². The number of hydrogen-bond acceptors (Lipinski definition) is 1. The monoisotopic (exact) mass is 121 g/mol. The third-order valence-corrected chi connectivity index (χ3v) is 1.59. The molecule has 0 unspecified atom stereocenters. The summed E-state index contributed by atoms with van der Waals surface area (Å²) in [6.07, 6.45) is 7.56. The van der Waals surface area contributed by atoms with E-state index < -0.39 is 0 Å². The van der Waals surface area contributed by atoms with E-state index in [9.17, 15) is 0 Å². The van der Waals surface area contributed by atoms with Gasteiger partial charge in [-0.15, -0.1) is 0 Å². The maximum atomic E-state index is 4.07. The van der Waals surface area contributed by atoms with Gasteiger partial charge in [0.2, 0.25) is 0 Å². The van der Waals surface area contributed by atoms with Gasteiger partial charge in [0.1, 0.15) is 6.20 Å². The predicted octanol–water partition coefficient (Wildman–Crippen LogP) is 1.33. The molecule has 0 amide bonds. The maximum Gasteiger partial charge on any atom is 0.116 e. The van der Waals surface area contributed by atoms with Gasteiger partial charge in [0, 0.05) is 6.20 Å². The first kappa shape index (κ1) is 5.03. The maximum absolute atomic E-state index is 4.07. The van der Waals surface area contributed by atoms with Crippen molar-refractivity contribution in [1.82, 2.24) is 9.78 Å². The minimum atomic E-state index is 0.704. The molecule has 1 aliphatic carbocycles. The molecule has 0 aromatic carbocycles. The van der Waals surface area contributed by atoms with E-state index in [0.717, 1.165) is 5.56 Å². The molecule has 0 N–H and O–H groups in total. The van der Waals surface area contributed by atoms with Gasteiger partial charge < -0.3 is 0 Å². The van der Waals surface area contributed by atoms with Crippen LogP contribution in [-0.2, 0) is 0 Å². The lowest BCUT2D eigenvalue weighted by atomic mass is 10.4. The van der Waals surface area contributed by atoms with Gasteiger partial charge >= 0.3 is 0 Å². The predicted molar refractivity (Wildman–Crippen MR) is 34.1 cm³/mol. The largest absolute Gasteiger partial charge is 0.269 e. The minimum Gasteiger partial charge on any atom is -0.269 e. The molecule has 0 saturated heterocycles. The van der Waals surface area contributed by atoms with Gasteiger partial charge in [0.15, 0.2) is 0 Å². The van der Waals surface area contributed by atoms with Crippen LogP contribution in [0.2, 0.25) is 0 Å². The van der Waals surface area contributed by atoms with Gasteiger partial charge in [-0.1, -0.05) is 0 Å². The zero-order valence-corrected chi connectivity index (χ0v) is 5.46. The first-order valence-corrected chi connectivity index (χ1v) is 3.30. The quantitative estimate of drug-likeness (QED) is 0.548. The lowest BCUT2D eigenvalue weighted by molar-refractivity contribution is 0.640. The van der Waals surface area contributed by atoms with Crippen LogP contribution in [0.5, 0.6) is 0 Å². The fraction of sp³-hybridized carbons (Fsp3) is 0.571. The standard InChI is InChI=1S/C7H9N2/c1-6-4-8-9(5-6)7-2-3-7/h5,7H,2-3H2,1H3. The van der Waals surface area contributed by atoms with Gasteiger partial charge in [-0.3, -0.25) is 4.68 Å². The summed E-state index contributed by atoms with van der Waals surface area (Å²) < 4.78 is 2.01. The summed E-state index contributed by atoms with van der Waals surface area (Å²) in [6.45, 7) is 2.02. The molecule has 1 saturated carbocycles. The Labute approximate surface area is 54.5 Å². The number of rotatable bonds is 1. The number of hydrogen-bond donors (Lipinski definition) is 0. The van der Waals surface area contributed by atoms with Crippen molar-refractivity contribution >= 4 is 0 Å². The zero-order chi connectivity index (χ0) is 6.27. The third kappa shape index (κ3) is 0.846. The molecule has 1 aromatic heterocycles. The molecule has 2 heteroatoms. The molecular weight excluding hydrogens is 112 g/mol. The summed E-state index contributed by atoms with van der Waals surface area (Å²) in [5, 5.41) is 4.07. The van der Waals surface area contributed by atoms with E-state index in [1.807, 2.05) is 11.6 Å². The van der Waals surface area contributed by atoms with E-state index in [1.165, 1.54) is 12.8 Å². The molecule has 1 heterocycles. The van der Waals surface area contributed by atoms with Crippen LogP contribution in [0.15, 0.2) is 6.20 Å². The summed E-state index contributed by atoms with van der Waals surface area (Å²) in [5.41, 5.74) is 1.14. The molecule has 1 aliphatic rings. The lowest BCUT2D eigenvalue weighted by Gasteiger charge is -1.91. The Morgan fingerprint density at radius 3 is 3.00 bits per heavy atom. The number of nitrogens with zero attached hydrogens (tertiary/aromatic N) is 2. The molecule has 47 valence electrons. The van der Waals surface area contributed by atoms with Crippen molar-refractivity contribution in [2.24, 2.45) is 0 Å². The SMILES string of the molecule is Cc1[c]nn(C2CC2)c1. The van der Waals surface area contributed by atoms with E-state index in [4.69, 9.17) is 0 Å². The molecular formula is C7H9N2. The van der Waals surface area contributed by atoms with E-state index in [0.29, 0.717) is 6.04 Å². The third-order valence-electron chi connectivity index (χ3n) is 1.59. The van der Waals surface area contributed by atoms with Crippen LogP contribution in [0, 0.1) is 13.1 Å². The van der Waals surface area contributed by atoms with E-state index in [1.54, 1.807) is 0 Å². The molecule has 2 rings (SSSR count). The van der Waals surface area contributed by atoms with Crippen molar-refractivity contribution in [3.05, 3.63) is 18.0 Å². The second-order valence-electron chi connectivity index (χ2n) is 2.64. The zero-order valence-electron chi connectivity index (χ0n) is 5.46. The molecule has 9 heavy (non-hydrogen) atoms. The van der Waals surface area contributed by atoms with Crippen molar-refractivity contribution in [3.8, 4) is 0 Å². The van der Waals surface area contributed by atoms with Crippen molar-refractivity contribution in [2.75, 3.05) is 0 Å². The summed E-state index contributed by atoms with van der Waals surface area (Å²) in [6, 6.07) is 0.704. The van der Waals surface area contributed by atoms with Crippen LogP contribution < -0.4 is 0 Å². The topological polar surface area (TPSA) is 17.8 Å². The first-order chi connectivity index (χ1) is 4.36. The summed E-state index contributed by atoms with van der Waals surface area (Å²) in [7, 11) is 0. The Kier molecular flexibility index (Phi) is 0.891. The van der Waals surface area contributed by atoms with E-state index in [-0.39, 0.29) is 0 Å². The Morgan fingerprint density at radius 1 is 1.78 bits per heavy atom. The fourth-order valence-corrected chi connectivity index (χ4v) is 0.919. The van der Waals surface area contributed by atoms with Crippen LogP contribution in [0.25, 0.3) is 0 Å². The highest BCUT2D eigenvalue weighted by molar-refractivity contribution is 5.00. The smallest absolute Gasteiger partial charge is 0.116 e. The van der Waals surface area contributed by atoms with Crippen LogP contribution in [0.4, 0.5) is 0 Å². The normalized spacial score (nSPS) is 18.3. The molecule has 0 atom stereocenters. The molecule has 0 spiro atoms. The van der Waals surface area contributed by atoms with Crippen LogP contribution >= 0.6 is 0 Å². The molecule has 2 nitrogen and oxygen atoms in total. The van der Waals surface area contributed by atoms with E-state index in [2.05, 4.69) is 17.5 Å². The number of aromatic nitrogens is 2. The molecule has 1 aromatic rings. The Bertz CT molecular complexity index is 210. The molecule has 1 radical (unpaired) electrons. The average molecular weight is 121 g/mol. The fourth-order valence-electron chi connectivity index (χ4n) is 0.919. The molecule has 0 aliphatic heterocycles. The summed E-state index contributed by atoms with van der Waals surface area (Å²) in [4.78, 5) is 0. The highest BCUT2D eigenvalue weighted by atomic mass is 15.3. The Morgan fingerprint density at radius 2 is 2.56 bits per heavy atom. The number of aryl methyl sites for hydroxylation is 1. The first-order valence-electron chi connectivity index (χ1n) is 3.30. The van der Waals surface area contributed by atoms with Gasteiger partial charge in [-0.05, 0) is 25.3 Å². The van der Waals surface area contributed by atoms with Crippen LogP contribution in [0.1, 0.15) is 24.4 Å². The van der Waals surface area contributed by atoms with E-state index >= 15 is 0 Å². The Balaban J connectivity index is 2.28. The van der Waals surface area contributed by atoms with Gasteiger partial charge in [-0.25, -0.2) is 0 Å². The Hall–Kier alpha value is -0.790. The van der Waals surface area contributed by atoms with Crippen molar-refractivity contribution in [3.63, 3.8) is 0 Å². The second-order valence-corrected chi connectivity index (χ2v) is 2.64. The second kappa shape index (κ2) is 1.59. The van der Waals surface area contributed by atoms with Crippen molar-refractivity contribution < 1.29 is 0 Å². The minimum absolute atomic E-state index is 0.704. The van der Waals surface area contributed by atoms with Gasteiger partial charge in [0.05, 0.1) is 6.04 Å². The highest BCUT2D eigenvalue weighted by Gasteiger charge is 2.23. The van der Waals surface area contributed by atoms with Crippen molar-refractivity contribution in [1.29, 1.82) is 0 Å². The summed E-state index contributed by atoms with van der Waals surface area (Å²) >= 11 is 0. The average Bonchev–Trinajstić information content (AvgIpc) is 2.58. The highest BCUT2D eigenvalue weighted by Crippen LogP contribution is 2.33. The molecule has 1 fully saturated rings.